The van der Waals surface area contributed by atoms with Gasteiger partial charge in [-0.25, -0.2) is 19.9 Å². The number of nitrogens with zero attached hydrogens (tertiary/aromatic N) is 7. The van der Waals surface area contributed by atoms with E-state index in [1.165, 1.54) is 17.5 Å². The van der Waals surface area contributed by atoms with E-state index in [4.69, 9.17) is 0 Å². The van der Waals surface area contributed by atoms with Gasteiger partial charge in [-0.15, -0.1) is 0 Å². The van der Waals surface area contributed by atoms with Crippen molar-refractivity contribution in [1.82, 2.24) is 29.7 Å². The first-order chi connectivity index (χ1) is 15.9. The third-order valence-electron chi connectivity index (χ3n) is 6.53. The molecule has 4 rings (SSSR count). The van der Waals surface area contributed by atoms with Crippen LogP contribution in [0.5, 0.6) is 0 Å². The summed E-state index contributed by atoms with van der Waals surface area (Å²) >= 11 is 0. The molecular formula is C26H44N8. The number of nitrogens with one attached hydrogen (secondary N) is 1. The number of anilines is 2. The van der Waals surface area contributed by atoms with Crippen LogP contribution >= 0.6 is 0 Å². The van der Waals surface area contributed by atoms with Crippen LogP contribution < -0.4 is 10.2 Å². The lowest BCUT2D eigenvalue weighted by atomic mass is 9.89. The van der Waals surface area contributed by atoms with Gasteiger partial charge in [-0.3, -0.25) is 0 Å². The van der Waals surface area contributed by atoms with Crippen molar-refractivity contribution in [3.63, 3.8) is 0 Å². The van der Waals surface area contributed by atoms with Crippen LogP contribution in [0.1, 0.15) is 59.1 Å². The van der Waals surface area contributed by atoms with Gasteiger partial charge in [0.15, 0.2) is 0 Å². The van der Waals surface area contributed by atoms with Gasteiger partial charge in [-0.05, 0) is 49.0 Å². The second-order valence-electron chi connectivity index (χ2n) is 11.7. The zero-order chi connectivity index (χ0) is 24.9. The van der Waals surface area contributed by atoms with Crippen molar-refractivity contribution >= 4 is 11.9 Å². The quantitative estimate of drug-likeness (QED) is 0.735. The van der Waals surface area contributed by atoms with Crippen LogP contribution in [-0.4, -0.2) is 89.1 Å². The lowest BCUT2D eigenvalue weighted by Gasteiger charge is -2.32. The fraction of sp³-hybridized carbons (Fsp3) is 0.692. The number of hydrogen-bond acceptors (Lipinski definition) is 8. The number of rotatable bonds is 3. The Morgan fingerprint density at radius 1 is 0.706 bits per heavy atom. The normalized spacial score (nSPS) is 20.1. The minimum absolute atomic E-state index is 0.117. The van der Waals surface area contributed by atoms with Crippen LogP contribution in [0.25, 0.3) is 0 Å². The summed E-state index contributed by atoms with van der Waals surface area (Å²) in [6.45, 7) is 19.5. The number of likely N-dealkylation sites (tertiary alicyclic amines) is 1. The Hall–Kier alpha value is -2.32. The van der Waals surface area contributed by atoms with Gasteiger partial charge >= 0.3 is 0 Å². The third-order valence-corrected chi connectivity index (χ3v) is 6.53. The molecule has 0 aliphatic carbocycles. The minimum Gasteiger partial charge on any atom is -0.350 e. The number of likely N-dealkylation sites (N-methyl/N-ethyl adjacent to an activating group) is 2. The van der Waals surface area contributed by atoms with Crippen molar-refractivity contribution in [3.05, 3.63) is 35.9 Å². The van der Waals surface area contributed by atoms with Crippen LogP contribution in [0.3, 0.4) is 0 Å². The van der Waals surface area contributed by atoms with Crippen molar-refractivity contribution in [2.24, 2.45) is 0 Å². The number of aromatic nitrogens is 4. The van der Waals surface area contributed by atoms with Crippen molar-refractivity contribution in [2.45, 2.75) is 64.8 Å². The fourth-order valence-electron chi connectivity index (χ4n) is 3.90. The Morgan fingerprint density at radius 3 is 1.65 bits per heavy atom. The SMILES string of the molecule is CN1CCC(Nc2ncc(C(C)(C)C)cn2)C1.CN1CCN(c2ncc(C(C)(C)C)cn2)CC1. The van der Waals surface area contributed by atoms with Gasteiger partial charge in [0, 0.05) is 63.6 Å². The highest BCUT2D eigenvalue weighted by atomic mass is 15.3. The van der Waals surface area contributed by atoms with E-state index < -0.39 is 0 Å². The van der Waals surface area contributed by atoms with E-state index in [0.717, 1.165) is 51.2 Å². The molecule has 188 valence electrons. The molecule has 0 bridgehead atoms. The molecule has 2 aromatic heterocycles. The van der Waals surface area contributed by atoms with E-state index in [2.05, 4.69) is 95.6 Å². The highest BCUT2D eigenvalue weighted by Gasteiger charge is 2.21. The molecule has 0 spiro atoms. The summed E-state index contributed by atoms with van der Waals surface area (Å²) in [6, 6.07) is 0.487. The van der Waals surface area contributed by atoms with Crippen LogP contribution in [0.15, 0.2) is 24.8 Å². The molecule has 2 aliphatic heterocycles. The van der Waals surface area contributed by atoms with Crippen LogP contribution in [0, 0.1) is 0 Å². The van der Waals surface area contributed by atoms with E-state index in [-0.39, 0.29) is 10.8 Å². The van der Waals surface area contributed by atoms with E-state index in [0.29, 0.717) is 6.04 Å². The lowest BCUT2D eigenvalue weighted by molar-refractivity contribution is 0.311. The van der Waals surface area contributed by atoms with E-state index in [1.807, 2.05) is 24.8 Å². The average Bonchev–Trinajstić information content (AvgIpc) is 3.18. The topological polar surface area (TPSA) is 73.3 Å². The molecule has 8 nitrogen and oxygen atoms in total. The summed E-state index contributed by atoms with van der Waals surface area (Å²) in [5, 5.41) is 3.39. The maximum atomic E-state index is 4.49. The van der Waals surface area contributed by atoms with Crippen LogP contribution in [0.4, 0.5) is 11.9 Å². The molecule has 1 N–H and O–H groups in total. The number of piperazine rings is 1. The number of hydrogen-bond donors (Lipinski definition) is 1. The van der Waals surface area contributed by atoms with Gasteiger partial charge in [0.05, 0.1) is 0 Å². The molecule has 4 heterocycles. The van der Waals surface area contributed by atoms with E-state index in [1.54, 1.807) is 0 Å². The molecule has 1 unspecified atom stereocenters. The van der Waals surface area contributed by atoms with Gasteiger partial charge in [0.1, 0.15) is 0 Å². The largest absolute Gasteiger partial charge is 0.350 e. The van der Waals surface area contributed by atoms with Crippen LogP contribution in [-0.2, 0) is 10.8 Å². The van der Waals surface area contributed by atoms with Gasteiger partial charge in [0.2, 0.25) is 11.9 Å². The third kappa shape index (κ3) is 7.60. The predicted molar refractivity (Wildman–Crippen MR) is 141 cm³/mol. The van der Waals surface area contributed by atoms with Crippen molar-refractivity contribution in [2.75, 3.05) is 63.6 Å². The Morgan fingerprint density at radius 2 is 1.21 bits per heavy atom. The Bertz CT molecular complexity index is 875. The average molecular weight is 469 g/mol. The molecule has 2 aromatic rings. The second kappa shape index (κ2) is 11.0. The van der Waals surface area contributed by atoms with Gasteiger partial charge in [-0.1, -0.05) is 41.5 Å². The molecule has 0 radical (unpaired) electrons. The summed E-state index contributed by atoms with van der Waals surface area (Å²) in [4.78, 5) is 24.7. The van der Waals surface area contributed by atoms with Gasteiger partial charge in [-0.2, -0.15) is 0 Å². The molecule has 34 heavy (non-hydrogen) atoms. The van der Waals surface area contributed by atoms with E-state index >= 15 is 0 Å². The zero-order valence-electron chi connectivity index (χ0n) is 22.5. The maximum Gasteiger partial charge on any atom is 0.225 e. The Balaban J connectivity index is 0.000000191. The standard InChI is InChI=1S/2C13H22N4/c1-13(2,3)11-9-14-12(15-10-11)17-7-5-16(4)6-8-17;1-13(2,3)10-7-14-12(15-8-10)16-11-5-6-17(4)9-11/h9-10H,5-8H2,1-4H3;7-8,11H,5-6,9H2,1-4H3,(H,14,15,16). The predicted octanol–water partition coefficient (Wildman–Crippen LogP) is 3.42. The maximum absolute atomic E-state index is 4.49. The highest BCUT2D eigenvalue weighted by molar-refractivity contribution is 5.32. The fourth-order valence-corrected chi connectivity index (χ4v) is 3.90. The minimum atomic E-state index is 0.117. The van der Waals surface area contributed by atoms with Gasteiger partial charge in [0.25, 0.3) is 0 Å². The smallest absolute Gasteiger partial charge is 0.225 e. The lowest BCUT2D eigenvalue weighted by Crippen LogP contribution is -2.45. The summed E-state index contributed by atoms with van der Waals surface area (Å²) in [7, 11) is 4.30. The first-order valence-electron chi connectivity index (χ1n) is 12.5. The molecular weight excluding hydrogens is 424 g/mol. The zero-order valence-corrected chi connectivity index (χ0v) is 22.5. The molecule has 2 aliphatic rings. The summed E-state index contributed by atoms with van der Waals surface area (Å²) in [6.07, 6.45) is 8.93. The van der Waals surface area contributed by atoms with Crippen molar-refractivity contribution < 1.29 is 0 Å². The second-order valence-corrected chi connectivity index (χ2v) is 11.7. The van der Waals surface area contributed by atoms with Crippen LogP contribution in [0.2, 0.25) is 0 Å². The molecule has 0 saturated carbocycles. The molecule has 2 fully saturated rings. The first-order valence-corrected chi connectivity index (χ1v) is 12.5. The Kier molecular flexibility index (Phi) is 8.47. The molecule has 2 saturated heterocycles. The highest BCUT2D eigenvalue weighted by Crippen LogP contribution is 2.22. The summed E-state index contributed by atoms with van der Waals surface area (Å²) in [5.41, 5.74) is 2.61. The monoisotopic (exact) mass is 468 g/mol. The first kappa shape index (κ1) is 26.3. The Labute approximate surface area is 206 Å². The summed E-state index contributed by atoms with van der Waals surface area (Å²) < 4.78 is 0. The van der Waals surface area contributed by atoms with Crippen molar-refractivity contribution in [3.8, 4) is 0 Å². The van der Waals surface area contributed by atoms with Crippen molar-refractivity contribution in [1.29, 1.82) is 0 Å². The summed E-state index contributed by atoms with van der Waals surface area (Å²) in [5.74, 6) is 1.62. The molecule has 0 amide bonds. The van der Waals surface area contributed by atoms with Gasteiger partial charge < -0.3 is 20.0 Å². The molecule has 1 atom stereocenters. The van der Waals surface area contributed by atoms with E-state index in [9.17, 15) is 0 Å². The molecule has 8 heteroatoms. The molecule has 0 aromatic carbocycles.